The average molecular weight is 396 g/mol. The van der Waals surface area contributed by atoms with Gasteiger partial charge >= 0.3 is 0 Å². The lowest BCUT2D eigenvalue weighted by Gasteiger charge is -2.14. The Labute approximate surface area is 160 Å². The van der Waals surface area contributed by atoms with Crippen LogP contribution in [0.4, 0.5) is 18.9 Å². The third-order valence-electron chi connectivity index (χ3n) is 4.04. The Kier molecular flexibility index (Phi) is 7.39. The van der Waals surface area contributed by atoms with Gasteiger partial charge in [0, 0.05) is 0 Å². The molecule has 4 N–H and O–H groups in total. The van der Waals surface area contributed by atoms with Gasteiger partial charge in [0.05, 0.1) is 24.9 Å². The van der Waals surface area contributed by atoms with Gasteiger partial charge in [0.1, 0.15) is 11.8 Å². The molecule has 1 atom stereocenters. The van der Waals surface area contributed by atoms with Crippen LogP contribution in [0.15, 0.2) is 36.4 Å². The first kappa shape index (κ1) is 21.2. The second-order valence-corrected chi connectivity index (χ2v) is 6.02. The zero-order chi connectivity index (χ0) is 20.7. The number of hydrogen-bond donors (Lipinski definition) is 3. The largest absolute Gasteiger partial charge is 0.496 e. The molecule has 150 valence electrons. The highest BCUT2D eigenvalue weighted by Gasteiger charge is 2.17. The summed E-state index contributed by atoms with van der Waals surface area (Å²) in [6.45, 7) is 1.52. The fourth-order valence-electron chi connectivity index (χ4n) is 2.52. The van der Waals surface area contributed by atoms with Gasteiger partial charge in [-0.1, -0.05) is 12.1 Å². The summed E-state index contributed by atoms with van der Waals surface area (Å²) in [5.74, 6) is -5.01. The number of rotatable bonds is 8. The fraction of sp³-hybridized carbons (Fsp3) is 0.263. The number of nitrogens with two attached hydrogens (primary N) is 1. The molecule has 2 amide bonds. The van der Waals surface area contributed by atoms with Crippen molar-refractivity contribution in [2.24, 2.45) is 0 Å². The zero-order valence-electron chi connectivity index (χ0n) is 15.4. The van der Waals surface area contributed by atoms with Gasteiger partial charge in [0.2, 0.25) is 5.91 Å². The number of hydrogen-bond acceptors (Lipinski definition) is 3. The molecule has 0 unspecified atom stereocenters. The third-order valence-corrected chi connectivity index (χ3v) is 4.04. The SMILES string of the molecule is COc1ccccc1[C@@H](C)[NH2+]CC(=O)NCC(=O)Nc1ccc(F)c(F)c1F. The summed E-state index contributed by atoms with van der Waals surface area (Å²) >= 11 is 0. The summed E-state index contributed by atoms with van der Waals surface area (Å²) in [6.07, 6.45) is 0. The maximum Gasteiger partial charge on any atom is 0.275 e. The number of nitrogens with one attached hydrogen (secondary N) is 2. The van der Waals surface area contributed by atoms with E-state index < -0.39 is 41.5 Å². The standard InChI is InChI=1S/C19H20F3N3O3/c1-11(12-5-3-4-6-15(12)28-2)23-9-16(26)24-10-17(27)25-14-8-7-13(20)18(21)19(14)22/h3-8,11,23H,9-10H2,1-2H3,(H,24,26)(H,25,27)/p+1/t11-/m1/s1. The number of quaternary nitrogens is 1. The zero-order valence-corrected chi connectivity index (χ0v) is 15.4. The van der Waals surface area contributed by atoms with Crippen molar-refractivity contribution in [2.75, 3.05) is 25.5 Å². The van der Waals surface area contributed by atoms with E-state index in [2.05, 4.69) is 10.6 Å². The van der Waals surface area contributed by atoms with Crippen molar-refractivity contribution in [1.82, 2.24) is 5.32 Å². The van der Waals surface area contributed by atoms with Crippen LogP contribution in [0.3, 0.4) is 0 Å². The first-order valence-corrected chi connectivity index (χ1v) is 8.49. The second-order valence-electron chi connectivity index (χ2n) is 6.02. The summed E-state index contributed by atoms with van der Waals surface area (Å²) in [5, 5.41) is 6.22. The van der Waals surface area contributed by atoms with Crippen molar-refractivity contribution >= 4 is 17.5 Å². The van der Waals surface area contributed by atoms with Gasteiger partial charge in [-0.15, -0.1) is 0 Å². The maximum atomic E-state index is 13.5. The molecule has 0 bridgehead atoms. The summed E-state index contributed by atoms with van der Waals surface area (Å²) in [7, 11) is 1.56. The number of carbonyl (C=O) groups excluding carboxylic acids is 2. The normalized spacial score (nSPS) is 11.6. The van der Waals surface area contributed by atoms with Crippen molar-refractivity contribution in [1.29, 1.82) is 0 Å². The van der Waals surface area contributed by atoms with E-state index in [4.69, 9.17) is 4.74 Å². The van der Waals surface area contributed by atoms with Crippen LogP contribution in [-0.2, 0) is 9.59 Å². The van der Waals surface area contributed by atoms with Gasteiger partial charge < -0.3 is 20.7 Å². The summed E-state index contributed by atoms with van der Waals surface area (Å²) in [5.41, 5.74) is 0.416. The number of carbonyl (C=O) groups is 2. The van der Waals surface area contributed by atoms with Gasteiger partial charge in [0.25, 0.3) is 5.91 Å². The summed E-state index contributed by atoms with van der Waals surface area (Å²) in [4.78, 5) is 23.7. The summed E-state index contributed by atoms with van der Waals surface area (Å²) in [6, 6.07) is 8.95. The molecule has 0 aliphatic carbocycles. The van der Waals surface area contributed by atoms with Gasteiger partial charge in [-0.2, -0.15) is 0 Å². The molecular weight excluding hydrogens is 375 g/mol. The Bertz CT molecular complexity index is 862. The Morgan fingerprint density at radius 1 is 1.07 bits per heavy atom. The molecule has 0 heterocycles. The van der Waals surface area contributed by atoms with Crippen molar-refractivity contribution in [3.63, 3.8) is 0 Å². The minimum absolute atomic E-state index is 0.0477. The van der Waals surface area contributed by atoms with Crippen LogP contribution in [0, 0.1) is 17.5 Å². The van der Waals surface area contributed by atoms with Crippen LogP contribution in [0.5, 0.6) is 5.75 Å². The number of methoxy groups -OCH3 is 1. The number of ether oxygens (including phenoxy) is 1. The van der Waals surface area contributed by atoms with E-state index in [0.717, 1.165) is 11.6 Å². The lowest BCUT2D eigenvalue weighted by molar-refractivity contribution is -0.682. The number of benzene rings is 2. The highest BCUT2D eigenvalue weighted by atomic mass is 19.2. The lowest BCUT2D eigenvalue weighted by Crippen LogP contribution is -2.87. The van der Waals surface area contributed by atoms with Crippen LogP contribution in [-0.4, -0.2) is 32.0 Å². The molecule has 0 saturated carbocycles. The van der Waals surface area contributed by atoms with Crippen LogP contribution in [0.1, 0.15) is 18.5 Å². The van der Waals surface area contributed by atoms with E-state index in [-0.39, 0.29) is 12.6 Å². The van der Waals surface area contributed by atoms with Crippen LogP contribution in [0.25, 0.3) is 0 Å². The molecule has 28 heavy (non-hydrogen) atoms. The Morgan fingerprint density at radius 3 is 2.50 bits per heavy atom. The molecule has 2 rings (SSSR count). The topological polar surface area (TPSA) is 84.0 Å². The van der Waals surface area contributed by atoms with Crippen LogP contribution in [0.2, 0.25) is 0 Å². The van der Waals surface area contributed by atoms with E-state index >= 15 is 0 Å². The Balaban J connectivity index is 1.81. The van der Waals surface area contributed by atoms with Gasteiger partial charge in [0.15, 0.2) is 24.0 Å². The van der Waals surface area contributed by atoms with Gasteiger partial charge in [-0.05, 0) is 31.2 Å². The minimum Gasteiger partial charge on any atom is -0.496 e. The van der Waals surface area contributed by atoms with E-state index in [0.29, 0.717) is 11.8 Å². The maximum absolute atomic E-state index is 13.5. The number of para-hydroxylation sites is 1. The molecule has 0 saturated heterocycles. The van der Waals surface area contributed by atoms with Crippen molar-refractivity contribution in [3.8, 4) is 5.75 Å². The Morgan fingerprint density at radius 2 is 1.79 bits per heavy atom. The molecule has 0 radical (unpaired) electrons. The Hall–Kier alpha value is -3.07. The molecule has 0 aliphatic rings. The average Bonchev–Trinajstić information content (AvgIpc) is 2.70. The molecule has 0 aromatic heterocycles. The van der Waals surface area contributed by atoms with E-state index in [1.807, 2.05) is 31.2 Å². The molecule has 9 heteroatoms. The molecule has 6 nitrogen and oxygen atoms in total. The minimum atomic E-state index is -1.68. The first-order chi connectivity index (χ1) is 13.3. The molecule has 0 spiro atoms. The molecule has 0 fully saturated rings. The highest BCUT2D eigenvalue weighted by Crippen LogP contribution is 2.22. The number of amides is 2. The summed E-state index contributed by atoms with van der Waals surface area (Å²) < 4.78 is 44.8. The van der Waals surface area contributed by atoms with E-state index in [1.54, 1.807) is 12.4 Å². The van der Waals surface area contributed by atoms with Crippen LogP contribution < -0.4 is 20.7 Å². The number of halogens is 3. The monoisotopic (exact) mass is 396 g/mol. The predicted molar refractivity (Wildman–Crippen MR) is 96.2 cm³/mol. The highest BCUT2D eigenvalue weighted by molar-refractivity contribution is 5.94. The van der Waals surface area contributed by atoms with Crippen molar-refractivity contribution < 1.29 is 32.8 Å². The smallest absolute Gasteiger partial charge is 0.275 e. The molecular formula is C19H21F3N3O3+. The third kappa shape index (κ3) is 5.46. The lowest BCUT2D eigenvalue weighted by atomic mass is 10.1. The molecule has 2 aromatic rings. The molecule has 0 aliphatic heterocycles. The number of anilines is 1. The van der Waals surface area contributed by atoms with E-state index in [9.17, 15) is 22.8 Å². The van der Waals surface area contributed by atoms with Crippen LogP contribution >= 0.6 is 0 Å². The second kappa shape index (κ2) is 9.75. The van der Waals surface area contributed by atoms with Gasteiger partial charge in [-0.3, -0.25) is 9.59 Å². The van der Waals surface area contributed by atoms with Crippen molar-refractivity contribution in [2.45, 2.75) is 13.0 Å². The quantitative estimate of drug-likeness (QED) is 0.591. The van der Waals surface area contributed by atoms with Crippen molar-refractivity contribution in [3.05, 3.63) is 59.4 Å². The fourth-order valence-corrected chi connectivity index (χ4v) is 2.52. The van der Waals surface area contributed by atoms with Gasteiger partial charge in [-0.25, -0.2) is 13.2 Å². The predicted octanol–water partition coefficient (Wildman–Crippen LogP) is 1.49. The molecule has 2 aromatic carbocycles. The first-order valence-electron chi connectivity index (χ1n) is 8.49. The van der Waals surface area contributed by atoms with E-state index in [1.165, 1.54) is 0 Å².